The third kappa shape index (κ3) is 3.74. The molecule has 152 valence electrons. The third-order valence-electron chi connectivity index (χ3n) is 5.33. The van der Waals surface area contributed by atoms with E-state index in [0.717, 1.165) is 29.7 Å². The summed E-state index contributed by atoms with van der Waals surface area (Å²) in [6.07, 6.45) is 6.42. The van der Waals surface area contributed by atoms with E-state index in [2.05, 4.69) is 27.2 Å². The number of aromatic amines is 1. The lowest BCUT2D eigenvalue weighted by molar-refractivity contribution is -0.132. The molecule has 8 heteroatoms. The summed E-state index contributed by atoms with van der Waals surface area (Å²) in [6, 6.07) is 2.04. The van der Waals surface area contributed by atoms with Gasteiger partial charge in [0.05, 0.1) is 17.4 Å². The van der Waals surface area contributed by atoms with Crippen LogP contribution in [0, 0.1) is 5.92 Å². The number of fused-ring (bicyclic) bond motifs is 1. The van der Waals surface area contributed by atoms with Crippen molar-refractivity contribution in [3.63, 3.8) is 0 Å². The van der Waals surface area contributed by atoms with E-state index in [9.17, 15) is 9.59 Å². The molecule has 1 aliphatic rings. The number of piperidine rings is 1. The summed E-state index contributed by atoms with van der Waals surface area (Å²) in [5.74, 6) is 0.951. The maximum absolute atomic E-state index is 12.3. The molecule has 3 aromatic heterocycles. The van der Waals surface area contributed by atoms with Crippen LogP contribution in [0.2, 0.25) is 0 Å². The molecule has 0 unspecified atom stereocenters. The number of pyridine rings is 1. The molecule has 0 spiro atoms. The minimum Gasteiger partial charge on any atom is -0.433 e. The summed E-state index contributed by atoms with van der Waals surface area (Å²) >= 11 is 0. The number of Topliss-reactive ketones (excluding diaryl/α,β-unsaturated/α-hetero) is 1. The Labute approximate surface area is 168 Å². The average Bonchev–Trinajstić information content (AvgIpc) is 3.36. The van der Waals surface area contributed by atoms with E-state index in [1.54, 1.807) is 6.20 Å². The highest BCUT2D eigenvalue weighted by Gasteiger charge is 2.28. The van der Waals surface area contributed by atoms with E-state index in [0.29, 0.717) is 30.3 Å². The number of hydrogen-bond donors (Lipinski definition) is 2. The van der Waals surface area contributed by atoms with Gasteiger partial charge in [-0.15, -0.1) is 0 Å². The average molecular weight is 395 g/mol. The Hall–Kier alpha value is -3.16. The summed E-state index contributed by atoms with van der Waals surface area (Å²) in [5, 5.41) is 4.53. The Morgan fingerprint density at radius 3 is 2.86 bits per heavy atom. The fraction of sp³-hybridized carbons (Fsp3) is 0.429. The number of carbonyl (C=O) groups excluding carboxylic acids is 2. The van der Waals surface area contributed by atoms with E-state index in [1.807, 2.05) is 24.1 Å². The highest BCUT2D eigenvalue weighted by atomic mass is 16.4. The van der Waals surface area contributed by atoms with Crippen LogP contribution in [-0.2, 0) is 4.79 Å². The Morgan fingerprint density at radius 2 is 2.14 bits per heavy atom. The molecule has 29 heavy (non-hydrogen) atoms. The standard InChI is InChI=1S/C21H25N5O3/c1-4-18(28)26-10-12(2)7-14(11-26)25-19-15-5-6-22-20(15)23-8-16(19)21-24-9-17(29-21)13(3)27/h5-6,8-9,12,14H,4,7,10-11H2,1-3H3,(H2,22,23,25)/t12-,14+/m0/s1. The summed E-state index contributed by atoms with van der Waals surface area (Å²) in [5.41, 5.74) is 2.28. The maximum Gasteiger partial charge on any atom is 0.230 e. The summed E-state index contributed by atoms with van der Waals surface area (Å²) < 4.78 is 5.67. The molecular weight excluding hydrogens is 370 g/mol. The van der Waals surface area contributed by atoms with Crippen molar-refractivity contribution in [3.8, 4) is 11.5 Å². The zero-order chi connectivity index (χ0) is 20.5. The van der Waals surface area contributed by atoms with Crippen molar-refractivity contribution in [1.82, 2.24) is 19.9 Å². The first kappa shape index (κ1) is 19.2. The number of aromatic nitrogens is 3. The van der Waals surface area contributed by atoms with Crippen molar-refractivity contribution in [2.24, 2.45) is 5.92 Å². The molecule has 0 aliphatic carbocycles. The van der Waals surface area contributed by atoms with Crippen molar-refractivity contribution in [1.29, 1.82) is 0 Å². The van der Waals surface area contributed by atoms with Gasteiger partial charge < -0.3 is 19.6 Å². The molecule has 2 N–H and O–H groups in total. The number of likely N-dealkylation sites (tertiary alicyclic amines) is 1. The predicted molar refractivity (Wildman–Crippen MR) is 110 cm³/mol. The van der Waals surface area contributed by atoms with E-state index < -0.39 is 0 Å². The van der Waals surface area contributed by atoms with Crippen LogP contribution in [0.1, 0.15) is 44.2 Å². The van der Waals surface area contributed by atoms with Gasteiger partial charge in [-0.1, -0.05) is 13.8 Å². The van der Waals surface area contributed by atoms with Crippen LogP contribution in [0.15, 0.2) is 29.1 Å². The normalized spacial score (nSPS) is 19.5. The van der Waals surface area contributed by atoms with Gasteiger partial charge in [0.15, 0.2) is 11.5 Å². The second kappa shape index (κ2) is 7.69. The van der Waals surface area contributed by atoms with Gasteiger partial charge in [-0.05, 0) is 18.4 Å². The Bertz CT molecular complexity index is 1050. The quantitative estimate of drug-likeness (QED) is 0.641. The summed E-state index contributed by atoms with van der Waals surface area (Å²) in [6.45, 7) is 6.93. The lowest BCUT2D eigenvalue weighted by Gasteiger charge is -2.37. The van der Waals surface area contributed by atoms with E-state index in [4.69, 9.17) is 4.42 Å². The maximum atomic E-state index is 12.3. The predicted octanol–water partition coefficient (Wildman–Crippen LogP) is 3.48. The molecule has 3 aromatic rings. The molecule has 8 nitrogen and oxygen atoms in total. The van der Waals surface area contributed by atoms with Gasteiger partial charge in [0, 0.05) is 50.3 Å². The van der Waals surface area contributed by atoms with Gasteiger partial charge in [-0.2, -0.15) is 0 Å². The number of nitrogens with zero attached hydrogens (tertiary/aromatic N) is 3. The molecule has 2 atom stereocenters. The molecule has 1 fully saturated rings. The van der Waals surface area contributed by atoms with Gasteiger partial charge in [-0.3, -0.25) is 9.59 Å². The van der Waals surface area contributed by atoms with Crippen LogP contribution in [0.5, 0.6) is 0 Å². The smallest absolute Gasteiger partial charge is 0.230 e. The highest BCUT2D eigenvalue weighted by molar-refractivity contribution is 5.97. The molecule has 0 aromatic carbocycles. The number of anilines is 1. The number of nitrogens with one attached hydrogen (secondary N) is 2. The first-order valence-electron chi connectivity index (χ1n) is 9.93. The Kier molecular flexibility index (Phi) is 5.08. The summed E-state index contributed by atoms with van der Waals surface area (Å²) in [4.78, 5) is 37.7. The van der Waals surface area contributed by atoms with E-state index in [1.165, 1.54) is 13.1 Å². The largest absolute Gasteiger partial charge is 0.433 e. The SMILES string of the molecule is CCC(=O)N1C[C@@H](C)C[C@@H](Nc2c(-c3ncc(C(C)=O)o3)cnc3[nH]ccc23)C1. The van der Waals surface area contributed by atoms with Crippen LogP contribution in [0.4, 0.5) is 5.69 Å². The van der Waals surface area contributed by atoms with Gasteiger partial charge in [0.1, 0.15) is 5.65 Å². The van der Waals surface area contributed by atoms with Crippen LogP contribution >= 0.6 is 0 Å². The van der Waals surface area contributed by atoms with E-state index in [-0.39, 0.29) is 23.5 Å². The van der Waals surface area contributed by atoms with Crippen molar-refractivity contribution in [3.05, 3.63) is 30.4 Å². The fourth-order valence-corrected chi connectivity index (χ4v) is 3.97. The van der Waals surface area contributed by atoms with Crippen LogP contribution in [0.25, 0.3) is 22.5 Å². The number of ketones is 1. The number of hydrogen-bond acceptors (Lipinski definition) is 6. The molecule has 1 aliphatic heterocycles. The Morgan fingerprint density at radius 1 is 1.31 bits per heavy atom. The molecule has 0 bridgehead atoms. The number of amides is 1. The second-order valence-electron chi connectivity index (χ2n) is 7.71. The molecule has 0 saturated carbocycles. The fourth-order valence-electron chi connectivity index (χ4n) is 3.97. The Balaban J connectivity index is 1.71. The summed E-state index contributed by atoms with van der Waals surface area (Å²) in [7, 11) is 0. The highest BCUT2D eigenvalue weighted by Crippen LogP contribution is 2.35. The van der Waals surface area contributed by atoms with Crippen LogP contribution in [-0.4, -0.2) is 50.7 Å². The van der Waals surface area contributed by atoms with Crippen LogP contribution < -0.4 is 5.32 Å². The molecule has 4 heterocycles. The van der Waals surface area contributed by atoms with Crippen molar-refractivity contribution in [2.75, 3.05) is 18.4 Å². The first-order chi connectivity index (χ1) is 14.0. The second-order valence-corrected chi connectivity index (χ2v) is 7.71. The zero-order valence-corrected chi connectivity index (χ0v) is 16.9. The van der Waals surface area contributed by atoms with Gasteiger partial charge in [-0.25, -0.2) is 9.97 Å². The first-order valence-corrected chi connectivity index (χ1v) is 9.93. The number of H-pyrrole nitrogens is 1. The van der Waals surface area contributed by atoms with Gasteiger partial charge in [0.25, 0.3) is 0 Å². The van der Waals surface area contributed by atoms with E-state index >= 15 is 0 Å². The lowest BCUT2D eigenvalue weighted by Crippen LogP contribution is -2.48. The zero-order valence-electron chi connectivity index (χ0n) is 16.9. The number of oxazole rings is 1. The molecular formula is C21H25N5O3. The lowest BCUT2D eigenvalue weighted by atomic mass is 9.95. The van der Waals surface area contributed by atoms with Crippen molar-refractivity contribution in [2.45, 2.75) is 39.7 Å². The monoisotopic (exact) mass is 395 g/mol. The third-order valence-corrected chi connectivity index (χ3v) is 5.33. The topological polar surface area (TPSA) is 104 Å². The van der Waals surface area contributed by atoms with Gasteiger partial charge in [0.2, 0.25) is 11.8 Å². The van der Waals surface area contributed by atoms with Crippen molar-refractivity contribution >= 4 is 28.4 Å². The minimum atomic E-state index is -0.177. The molecule has 1 saturated heterocycles. The van der Waals surface area contributed by atoms with Crippen molar-refractivity contribution < 1.29 is 14.0 Å². The number of carbonyl (C=O) groups is 2. The van der Waals surface area contributed by atoms with Crippen LogP contribution in [0.3, 0.4) is 0 Å². The molecule has 0 radical (unpaired) electrons. The molecule has 4 rings (SSSR count). The minimum absolute atomic E-state index is 0.0933. The molecule has 1 amide bonds. The van der Waals surface area contributed by atoms with Gasteiger partial charge >= 0.3 is 0 Å². The number of rotatable bonds is 5.